The minimum Gasteiger partial charge on any atom is -0.296 e. The molecule has 0 fully saturated rings. The van der Waals surface area contributed by atoms with Gasteiger partial charge in [0.15, 0.2) is 5.82 Å². The number of nitrogens with two attached hydrogens (primary N) is 1. The molecule has 2 heterocycles. The quantitative estimate of drug-likeness (QED) is 0.894. The highest BCUT2D eigenvalue weighted by Crippen LogP contribution is 2.25. The molecule has 0 bridgehead atoms. The number of rotatable bonds is 3. The summed E-state index contributed by atoms with van der Waals surface area (Å²) in [6.07, 6.45) is 1.59. The maximum atomic E-state index is 11.4. The van der Waals surface area contributed by atoms with Crippen molar-refractivity contribution in [1.82, 2.24) is 19.7 Å². The Hall–Kier alpha value is -1.32. The number of hydrogen-bond donors (Lipinski definition) is 1. The minimum atomic E-state index is -3.90. The van der Waals surface area contributed by atoms with Crippen molar-refractivity contribution in [3.8, 4) is 11.5 Å². The van der Waals surface area contributed by atoms with Crippen LogP contribution in [0.2, 0.25) is 0 Å². The summed E-state index contributed by atoms with van der Waals surface area (Å²) in [5, 5.41) is 12.3. The molecule has 0 saturated carbocycles. The minimum absolute atomic E-state index is 0.266. The van der Waals surface area contributed by atoms with Crippen LogP contribution in [0.1, 0.15) is 6.92 Å². The highest BCUT2D eigenvalue weighted by atomic mass is 79.9. The molecule has 2 N–H and O–H groups in total. The first kappa shape index (κ1) is 13.1. The van der Waals surface area contributed by atoms with Gasteiger partial charge in [-0.3, -0.25) is 9.55 Å². The van der Waals surface area contributed by atoms with E-state index < -0.39 is 10.0 Å². The monoisotopic (exact) mass is 331 g/mol. The van der Waals surface area contributed by atoms with Crippen LogP contribution in [0, 0.1) is 0 Å². The van der Waals surface area contributed by atoms with E-state index in [2.05, 4.69) is 31.1 Å². The molecule has 9 heteroatoms. The topological polar surface area (TPSA) is 104 Å². The van der Waals surface area contributed by atoms with Gasteiger partial charge in [-0.25, -0.2) is 13.6 Å². The Morgan fingerprint density at radius 1 is 1.44 bits per heavy atom. The standard InChI is InChI=1S/C9H10BrN5O2S/c1-2-15-8(7-6(10)4-3-5-12-7)13-14-9(15)18(11,16)17/h3-5H,2H2,1H3,(H2,11,16,17). The summed E-state index contributed by atoms with van der Waals surface area (Å²) in [6.45, 7) is 2.15. The molecular weight excluding hydrogens is 322 g/mol. The first-order chi connectivity index (χ1) is 8.45. The molecular formula is C9H10BrN5O2S. The van der Waals surface area contributed by atoms with E-state index in [1.165, 1.54) is 4.57 Å². The Balaban J connectivity index is 2.68. The number of nitrogens with zero attached hydrogens (tertiary/aromatic N) is 4. The summed E-state index contributed by atoms with van der Waals surface area (Å²) >= 11 is 3.33. The van der Waals surface area contributed by atoms with Crippen molar-refractivity contribution in [2.75, 3.05) is 0 Å². The second-order valence-electron chi connectivity index (χ2n) is 3.43. The molecule has 0 aliphatic carbocycles. The van der Waals surface area contributed by atoms with Gasteiger partial charge in [-0.1, -0.05) is 0 Å². The SMILES string of the molecule is CCn1c(-c2ncccc2Br)nnc1S(N)(=O)=O. The van der Waals surface area contributed by atoms with Crippen molar-refractivity contribution in [3.63, 3.8) is 0 Å². The van der Waals surface area contributed by atoms with Gasteiger partial charge >= 0.3 is 0 Å². The first-order valence-electron chi connectivity index (χ1n) is 5.02. The molecule has 0 aliphatic rings. The Morgan fingerprint density at radius 3 is 2.72 bits per heavy atom. The molecule has 0 aromatic carbocycles. The molecule has 0 atom stereocenters. The van der Waals surface area contributed by atoms with Crippen molar-refractivity contribution in [2.24, 2.45) is 5.14 Å². The molecule has 0 aliphatic heterocycles. The predicted octanol–water partition coefficient (Wildman–Crippen LogP) is 0.770. The molecule has 2 rings (SSSR count). The average Bonchev–Trinajstić information content (AvgIpc) is 2.72. The summed E-state index contributed by atoms with van der Waals surface area (Å²) in [4.78, 5) is 4.15. The fraction of sp³-hybridized carbons (Fsp3) is 0.222. The van der Waals surface area contributed by atoms with Crippen molar-refractivity contribution >= 4 is 26.0 Å². The van der Waals surface area contributed by atoms with Crippen LogP contribution in [0.4, 0.5) is 0 Å². The third-order valence-electron chi connectivity index (χ3n) is 2.26. The lowest BCUT2D eigenvalue weighted by Crippen LogP contribution is -2.18. The van der Waals surface area contributed by atoms with Gasteiger partial charge < -0.3 is 0 Å². The van der Waals surface area contributed by atoms with Crippen LogP contribution >= 0.6 is 15.9 Å². The first-order valence-corrected chi connectivity index (χ1v) is 7.36. The third kappa shape index (κ3) is 2.28. The van der Waals surface area contributed by atoms with Crippen LogP contribution < -0.4 is 5.14 Å². The Morgan fingerprint density at radius 2 is 2.17 bits per heavy atom. The van der Waals surface area contributed by atoms with Crippen LogP contribution in [0.15, 0.2) is 28.0 Å². The van der Waals surface area contributed by atoms with E-state index in [1.807, 2.05) is 0 Å². The lowest BCUT2D eigenvalue weighted by atomic mass is 10.3. The van der Waals surface area contributed by atoms with E-state index in [0.29, 0.717) is 22.5 Å². The molecule has 2 aromatic rings. The number of primary sulfonamides is 1. The molecule has 7 nitrogen and oxygen atoms in total. The van der Waals surface area contributed by atoms with Gasteiger partial charge in [-0.05, 0) is 35.0 Å². The molecule has 0 unspecified atom stereocenters. The van der Waals surface area contributed by atoms with Gasteiger partial charge in [0.05, 0.1) is 0 Å². The fourth-order valence-corrected chi connectivity index (χ4v) is 2.62. The number of pyridine rings is 1. The van der Waals surface area contributed by atoms with E-state index in [0.717, 1.165) is 0 Å². The maximum Gasteiger partial charge on any atom is 0.273 e. The molecule has 0 spiro atoms. The molecule has 0 radical (unpaired) electrons. The van der Waals surface area contributed by atoms with E-state index in [-0.39, 0.29) is 5.16 Å². The third-order valence-corrected chi connectivity index (χ3v) is 3.71. The lowest BCUT2D eigenvalue weighted by molar-refractivity contribution is 0.570. The second-order valence-corrected chi connectivity index (χ2v) is 5.74. The molecule has 0 amide bonds. The van der Waals surface area contributed by atoms with Crippen LogP contribution in [-0.2, 0) is 16.6 Å². The van der Waals surface area contributed by atoms with Crippen LogP contribution in [0.5, 0.6) is 0 Å². The fourth-order valence-electron chi connectivity index (χ4n) is 1.51. The average molecular weight is 332 g/mol. The van der Waals surface area contributed by atoms with E-state index in [4.69, 9.17) is 5.14 Å². The van der Waals surface area contributed by atoms with Gasteiger partial charge in [0.2, 0.25) is 0 Å². The van der Waals surface area contributed by atoms with Gasteiger partial charge in [-0.2, -0.15) is 0 Å². The van der Waals surface area contributed by atoms with Crippen LogP contribution in [-0.4, -0.2) is 28.2 Å². The van der Waals surface area contributed by atoms with E-state index in [9.17, 15) is 8.42 Å². The number of sulfonamides is 1. The zero-order valence-electron chi connectivity index (χ0n) is 9.41. The summed E-state index contributed by atoms with van der Waals surface area (Å²) in [6, 6.07) is 3.54. The number of halogens is 1. The Labute approximate surface area is 112 Å². The van der Waals surface area contributed by atoms with Gasteiger partial charge in [0, 0.05) is 17.2 Å². The lowest BCUT2D eigenvalue weighted by Gasteiger charge is -2.06. The molecule has 18 heavy (non-hydrogen) atoms. The van der Waals surface area contributed by atoms with Crippen molar-refractivity contribution < 1.29 is 8.42 Å². The van der Waals surface area contributed by atoms with E-state index in [1.54, 1.807) is 25.3 Å². The Kier molecular flexibility index (Phi) is 3.46. The van der Waals surface area contributed by atoms with Crippen molar-refractivity contribution in [3.05, 3.63) is 22.8 Å². The van der Waals surface area contributed by atoms with Crippen LogP contribution in [0.3, 0.4) is 0 Å². The zero-order valence-corrected chi connectivity index (χ0v) is 11.8. The van der Waals surface area contributed by atoms with Gasteiger partial charge in [0.1, 0.15) is 5.69 Å². The van der Waals surface area contributed by atoms with Crippen LogP contribution in [0.25, 0.3) is 11.5 Å². The van der Waals surface area contributed by atoms with Gasteiger partial charge in [0.25, 0.3) is 15.2 Å². The molecule has 0 saturated heterocycles. The summed E-state index contributed by atoms with van der Waals surface area (Å²) in [7, 11) is -3.90. The normalized spacial score (nSPS) is 11.7. The summed E-state index contributed by atoms with van der Waals surface area (Å²) in [5.41, 5.74) is 0.516. The van der Waals surface area contributed by atoms with Crippen molar-refractivity contribution in [2.45, 2.75) is 18.6 Å². The largest absolute Gasteiger partial charge is 0.296 e. The maximum absolute atomic E-state index is 11.4. The number of hydrogen-bond acceptors (Lipinski definition) is 5. The predicted molar refractivity (Wildman–Crippen MR) is 68.0 cm³/mol. The van der Waals surface area contributed by atoms with E-state index >= 15 is 0 Å². The zero-order chi connectivity index (χ0) is 13.3. The van der Waals surface area contributed by atoms with Gasteiger partial charge in [-0.15, -0.1) is 10.2 Å². The highest BCUT2D eigenvalue weighted by Gasteiger charge is 2.22. The van der Waals surface area contributed by atoms with Crippen molar-refractivity contribution in [1.29, 1.82) is 0 Å². The summed E-state index contributed by atoms with van der Waals surface area (Å²) in [5.74, 6) is 0.356. The molecule has 2 aromatic heterocycles. The Bertz CT molecular complexity index is 682. The molecule has 96 valence electrons. The second kappa shape index (κ2) is 4.75. The smallest absolute Gasteiger partial charge is 0.273 e. The summed E-state index contributed by atoms with van der Waals surface area (Å²) < 4.78 is 24.8. The number of aromatic nitrogens is 4. The highest BCUT2D eigenvalue weighted by molar-refractivity contribution is 9.10.